The van der Waals surface area contributed by atoms with Crippen molar-refractivity contribution >= 4 is 37.5 Å². The lowest BCUT2D eigenvalue weighted by atomic mass is 10.5. The molecule has 3 N–H and O–H groups in total. The largest absolute Gasteiger partial charge is 0.381 e. The van der Waals surface area contributed by atoms with Crippen LogP contribution in [0.3, 0.4) is 0 Å². The first-order valence-corrected chi connectivity index (χ1v) is 7.82. The van der Waals surface area contributed by atoms with E-state index in [1.807, 2.05) is 0 Å². The Morgan fingerprint density at radius 3 is 2.95 bits per heavy atom. The van der Waals surface area contributed by atoms with E-state index in [-0.39, 0.29) is 11.6 Å². The number of hydrogen-bond acceptors (Lipinski definition) is 5. The van der Waals surface area contributed by atoms with E-state index in [0.29, 0.717) is 16.1 Å². The van der Waals surface area contributed by atoms with Gasteiger partial charge in [0.1, 0.15) is 4.60 Å². The first-order valence-electron chi connectivity index (χ1n) is 5.38. The van der Waals surface area contributed by atoms with Gasteiger partial charge < -0.3 is 10.3 Å². The predicted octanol–water partition coefficient (Wildman–Crippen LogP) is 1.37. The average Bonchev–Trinajstić information content (AvgIpc) is 2.80. The summed E-state index contributed by atoms with van der Waals surface area (Å²) in [7, 11) is -3.30. The fourth-order valence-electron chi connectivity index (χ4n) is 1.40. The molecule has 0 aliphatic carbocycles. The van der Waals surface area contributed by atoms with E-state index in [1.165, 1.54) is 6.20 Å². The minimum atomic E-state index is -3.30. The molecule has 0 fully saturated rings. The number of halogens is 1. The van der Waals surface area contributed by atoms with Gasteiger partial charge in [-0.25, -0.2) is 18.4 Å². The molecule has 2 aromatic rings. The van der Waals surface area contributed by atoms with Gasteiger partial charge in [-0.15, -0.1) is 0 Å². The van der Waals surface area contributed by atoms with Crippen molar-refractivity contribution in [1.29, 1.82) is 0 Å². The van der Waals surface area contributed by atoms with E-state index in [2.05, 4.69) is 30.6 Å². The van der Waals surface area contributed by atoms with Crippen molar-refractivity contribution in [2.45, 2.75) is 6.92 Å². The van der Waals surface area contributed by atoms with Crippen LogP contribution in [0.2, 0.25) is 0 Å². The normalized spacial score (nSPS) is 11.5. The van der Waals surface area contributed by atoms with Gasteiger partial charge in [0, 0.05) is 12.4 Å². The molecule has 9 heteroatoms. The Bertz CT molecular complexity index is 698. The molecule has 2 rings (SSSR count). The Morgan fingerprint density at radius 2 is 2.26 bits per heavy atom. The Balaban J connectivity index is 2.33. The minimum absolute atomic E-state index is 0.0109. The summed E-state index contributed by atoms with van der Waals surface area (Å²) >= 11 is 3.21. The molecule has 0 amide bonds. The molecule has 0 saturated carbocycles. The Labute approximate surface area is 119 Å². The van der Waals surface area contributed by atoms with Crippen LogP contribution in [0.5, 0.6) is 0 Å². The number of nitrogens with zero attached hydrogens (tertiary/aromatic N) is 3. The van der Waals surface area contributed by atoms with Crippen molar-refractivity contribution in [3.63, 3.8) is 0 Å². The fourth-order valence-corrected chi connectivity index (χ4v) is 2.29. The molecule has 7 nitrogen and oxygen atoms in total. The number of aromatic nitrogens is 3. The highest BCUT2D eigenvalue weighted by Crippen LogP contribution is 2.19. The number of anilines is 2. The van der Waals surface area contributed by atoms with Crippen LogP contribution in [0.25, 0.3) is 5.82 Å². The lowest BCUT2D eigenvalue weighted by Crippen LogP contribution is -2.14. The standard InChI is InChI=1S/C10H12BrN5O2S/c1-2-19(17,18)15-7-3-4-16(6-7)10-9(12)13-5-8(11)14-10/h3-6,15H,2H2,1H3,(H2,12,13). The smallest absolute Gasteiger partial charge is 0.232 e. The van der Waals surface area contributed by atoms with Crippen LogP contribution in [0, 0.1) is 0 Å². The lowest BCUT2D eigenvalue weighted by Gasteiger charge is -2.05. The summed E-state index contributed by atoms with van der Waals surface area (Å²) in [6.45, 7) is 1.57. The van der Waals surface area contributed by atoms with E-state index < -0.39 is 10.0 Å². The number of rotatable bonds is 4. The van der Waals surface area contributed by atoms with Crippen molar-refractivity contribution < 1.29 is 8.42 Å². The quantitative estimate of drug-likeness (QED) is 0.870. The van der Waals surface area contributed by atoms with Crippen LogP contribution in [-0.4, -0.2) is 28.7 Å². The van der Waals surface area contributed by atoms with E-state index >= 15 is 0 Å². The summed E-state index contributed by atoms with van der Waals surface area (Å²) < 4.78 is 27.5. The Morgan fingerprint density at radius 1 is 1.53 bits per heavy atom. The van der Waals surface area contributed by atoms with Gasteiger partial charge in [-0.3, -0.25) is 4.72 Å². The molecule has 0 unspecified atom stereocenters. The van der Waals surface area contributed by atoms with Gasteiger partial charge in [-0.1, -0.05) is 0 Å². The molecule has 0 aromatic carbocycles. The zero-order valence-electron chi connectivity index (χ0n) is 10.0. The van der Waals surface area contributed by atoms with Crippen LogP contribution >= 0.6 is 15.9 Å². The Kier molecular flexibility index (Phi) is 3.76. The predicted molar refractivity (Wildman–Crippen MR) is 76.6 cm³/mol. The summed E-state index contributed by atoms with van der Waals surface area (Å²) in [5.74, 6) is 0.691. The van der Waals surface area contributed by atoms with Gasteiger partial charge in [0.05, 0.1) is 17.6 Å². The van der Waals surface area contributed by atoms with Crippen LogP contribution in [-0.2, 0) is 10.0 Å². The topological polar surface area (TPSA) is 103 Å². The lowest BCUT2D eigenvalue weighted by molar-refractivity contribution is 0.602. The maximum atomic E-state index is 11.5. The SMILES string of the molecule is CCS(=O)(=O)Nc1ccn(-c2nc(Br)cnc2N)c1. The van der Waals surface area contributed by atoms with Crippen molar-refractivity contribution in [3.8, 4) is 5.82 Å². The molecule has 0 aliphatic heterocycles. The van der Waals surface area contributed by atoms with Crippen molar-refractivity contribution in [3.05, 3.63) is 29.3 Å². The molecule has 0 spiro atoms. The summed E-state index contributed by atoms with van der Waals surface area (Å²) in [6, 6.07) is 1.62. The first kappa shape index (κ1) is 13.8. The first-order chi connectivity index (χ1) is 8.91. The van der Waals surface area contributed by atoms with Gasteiger partial charge in [0.2, 0.25) is 10.0 Å². The number of nitrogens with one attached hydrogen (secondary N) is 1. The molecule has 0 aliphatic rings. The molecule has 2 heterocycles. The van der Waals surface area contributed by atoms with E-state index in [4.69, 9.17) is 5.73 Å². The van der Waals surface area contributed by atoms with Crippen molar-refractivity contribution in [2.24, 2.45) is 0 Å². The average molecular weight is 346 g/mol. The van der Waals surface area contributed by atoms with Gasteiger partial charge in [0.15, 0.2) is 11.6 Å². The van der Waals surface area contributed by atoms with Crippen LogP contribution < -0.4 is 10.5 Å². The molecular formula is C10H12BrN5O2S. The third kappa shape index (κ3) is 3.24. The summed E-state index contributed by atoms with van der Waals surface area (Å²) in [6.07, 6.45) is 4.73. The van der Waals surface area contributed by atoms with Crippen molar-refractivity contribution in [1.82, 2.24) is 14.5 Å². The molecule has 19 heavy (non-hydrogen) atoms. The van der Waals surface area contributed by atoms with E-state index in [1.54, 1.807) is 30.0 Å². The number of nitrogen functional groups attached to an aromatic ring is 1. The van der Waals surface area contributed by atoms with E-state index in [9.17, 15) is 8.42 Å². The molecular weight excluding hydrogens is 334 g/mol. The fraction of sp³-hybridized carbons (Fsp3) is 0.200. The molecule has 0 atom stereocenters. The second-order valence-electron chi connectivity index (χ2n) is 3.71. The molecule has 102 valence electrons. The van der Waals surface area contributed by atoms with Gasteiger partial charge in [0.25, 0.3) is 0 Å². The third-order valence-electron chi connectivity index (χ3n) is 2.34. The van der Waals surface area contributed by atoms with Gasteiger partial charge in [-0.2, -0.15) is 0 Å². The maximum Gasteiger partial charge on any atom is 0.232 e. The van der Waals surface area contributed by atoms with Crippen LogP contribution in [0.4, 0.5) is 11.5 Å². The van der Waals surface area contributed by atoms with Crippen LogP contribution in [0.15, 0.2) is 29.3 Å². The number of hydrogen-bond donors (Lipinski definition) is 2. The Hall–Kier alpha value is -1.61. The second kappa shape index (κ2) is 5.17. The summed E-state index contributed by atoms with van der Waals surface area (Å²) in [4.78, 5) is 8.15. The zero-order valence-corrected chi connectivity index (χ0v) is 12.4. The number of nitrogens with two attached hydrogens (primary N) is 1. The summed E-state index contributed by atoms with van der Waals surface area (Å²) in [5, 5.41) is 0. The zero-order chi connectivity index (χ0) is 14.0. The van der Waals surface area contributed by atoms with Crippen molar-refractivity contribution in [2.75, 3.05) is 16.2 Å². The maximum absolute atomic E-state index is 11.5. The highest BCUT2D eigenvalue weighted by atomic mass is 79.9. The second-order valence-corrected chi connectivity index (χ2v) is 6.54. The number of sulfonamides is 1. The van der Waals surface area contributed by atoms with Crippen LogP contribution in [0.1, 0.15) is 6.92 Å². The monoisotopic (exact) mass is 345 g/mol. The highest BCUT2D eigenvalue weighted by molar-refractivity contribution is 9.10. The minimum Gasteiger partial charge on any atom is -0.381 e. The molecule has 2 aromatic heterocycles. The van der Waals surface area contributed by atoms with E-state index in [0.717, 1.165) is 0 Å². The highest BCUT2D eigenvalue weighted by Gasteiger charge is 2.10. The molecule has 0 saturated heterocycles. The third-order valence-corrected chi connectivity index (χ3v) is 4.03. The molecule has 0 radical (unpaired) electrons. The molecule has 0 bridgehead atoms. The van der Waals surface area contributed by atoms with Gasteiger partial charge in [-0.05, 0) is 28.9 Å². The summed E-state index contributed by atoms with van der Waals surface area (Å²) in [5.41, 5.74) is 6.18. The van der Waals surface area contributed by atoms with Gasteiger partial charge >= 0.3 is 0 Å².